The highest BCUT2D eigenvalue weighted by molar-refractivity contribution is 5.93. The van der Waals surface area contributed by atoms with Gasteiger partial charge in [0.15, 0.2) is 17.5 Å². The number of nitrogens with one attached hydrogen (secondary N) is 2. The second-order valence-electron chi connectivity index (χ2n) is 6.58. The monoisotopic (exact) mass is 341 g/mol. The van der Waals surface area contributed by atoms with Gasteiger partial charge in [-0.05, 0) is 26.0 Å². The Morgan fingerprint density at radius 3 is 2.52 bits per heavy atom. The molecule has 5 nitrogen and oxygen atoms in total. The molecule has 0 fully saturated rings. The number of quaternary nitrogens is 1. The summed E-state index contributed by atoms with van der Waals surface area (Å²) in [7, 11) is 2.04. The van der Waals surface area contributed by atoms with Gasteiger partial charge in [-0.1, -0.05) is 29.8 Å². The van der Waals surface area contributed by atoms with E-state index in [2.05, 4.69) is 36.5 Å². The topological polar surface area (TPSA) is 52.0 Å². The number of carbonyl (C=O) groups is 1. The van der Waals surface area contributed by atoms with E-state index in [4.69, 9.17) is 9.47 Å². The molecule has 1 amide bonds. The lowest BCUT2D eigenvalue weighted by Gasteiger charge is -2.22. The molecule has 1 aliphatic heterocycles. The summed E-state index contributed by atoms with van der Waals surface area (Å²) in [5.74, 6) is 1.39. The Morgan fingerprint density at radius 2 is 1.80 bits per heavy atom. The largest absolute Gasteiger partial charge is 0.486 e. The number of ether oxygens (including phenoxy) is 2. The van der Waals surface area contributed by atoms with Gasteiger partial charge in [0, 0.05) is 17.3 Å². The fraction of sp³-hybridized carbons (Fsp3) is 0.350. The Balaban J connectivity index is 1.60. The van der Waals surface area contributed by atoms with E-state index in [1.54, 1.807) is 0 Å². The summed E-state index contributed by atoms with van der Waals surface area (Å²) in [4.78, 5) is 13.7. The minimum Gasteiger partial charge on any atom is -0.486 e. The molecule has 0 aromatic heterocycles. The van der Waals surface area contributed by atoms with E-state index < -0.39 is 0 Å². The molecule has 0 saturated heterocycles. The van der Waals surface area contributed by atoms with E-state index in [9.17, 15) is 4.79 Å². The highest BCUT2D eigenvalue weighted by Crippen LogP contribution is 2.32. The number of hydrogen-bond acceptors (Lipinski definition) is 3. The molecule has 0 spiro atoms. The third-order valence-corrected chi connectivity index (χ3v) is 4.55. The molecule has 2 aromatic rings. The summed E-state index contributed by atoms with van der Waals surface area (Å²) >= 11 is 0. The number of rotatable bonds is 5. The van der Waals surface area contributed by atoms with Crippen molar-refractivity contribution >= 4 is 11.6 Å². The van der Waals surface area contributed by atoms with Gasteiger partial charge in [0.25, 0.3) is 5.91 Å². The zero-order valence-corrected chi connectivity index (χ0v) is 15.0. The fourth-order valence-electron chi connectivity index (χ4n) is 2.78. The molecular formula is C20H25N2O3+. The van der Waals surface area contributed by atoms with Crippen LogP contribution >= 0.6 is 0 Å². The minimum atomic E-state index is -0.172. The zero-order valence-electron chi connectivity index (χ0n) is 15.0. The van der Waals surface area contributed by atoms with Crippen LogP contribution in [0.2, 0.25) is 0 Å². The Labute approximate surface area is 148 Å². The summed E-state index contributed by atoms with van der Waals surface area (Å²) < 4.78 is 11.1. The summed E-state index contributed by atoms with van der Waals surface area (Å²) in [6.45, 7) is 5.91. The normalized spacial score (nSPS) is 15.3. The van der Waals surface area contributed by atoms with Gasteiger partial charge in [-0.3, -0.25) is 4.79 Å². The molecule has 2 aromatic carbocycles. The van der Waals surface area contributed by atoms with Crippen LogP contribution in [0.15, 0.2) is 42.5 Å². The highest BCUT2D eigenvalue weighted by atomic mass is 16.6. The lowest BCUT2D eigenvalue weighted by Crippen LogP contribution is -3.12. The van der Waals surface area contributed by atoms with E-state index in [-0.39, 0.29) is 11.9 Å². The molecule has 132 valence electrons. The van der Waals surface area contributed by atoms with Crippen molar-refractivity contribution in [3.63, 3.8) is 0 Å². The molecule has 2 atom stereocenters. The number of amides is 1. The second kappa shape index (κ2) is 7.57. The average molecular weight is 341 g/mol. The predicted molar refractivity (Wildman–Crippen MR) is 97.3 cm³/mol. The van der Waals surface area contributed by atoms with Crippen LogP contribution in [0.3, 0.4) is 0 Å². The summed E-state index contributed by atoms with van der Waals surface area (Å²) in [5.41, 5.74) is 3.19. The Bertz CT molecular complexity index is 743. The SMILES string of the molecule is Cc1ccc(C[NH+](C)[C@H](C)C(=O)Nc2ccc3c(c2)OCCO3)cc1. The number of fused-ring (bicyclic) bond motifs is 1. The van der Waals surface area contributed by atoms with Gasteiger partial charge >= 0.3 is 0 Å². The van der Waals surface area contributed by atoms with Crippen molar-refractivity contribution in [1.29, 1.82) is 0 Å². The molecule has 0 saturated carbocycles. The summed E-state index contributed by atoms with van der Waals surface area (Å²) in [6, 6.07) is 13.7. The first-order valence-corrected chi connectivity index (χ1v) is 8.61. The smallest absolute Gasteiger partial charge is 0.282 e. The van der Waals surface area contributed by atoms with Crippen molar-refractivity contribution in [2.75, 3.05) is 25.6 Å². The fourth-order valence-corrected chi connectivity index (χ4v) is 2.78. The van der Waals surface area contributed by atoms with E-state index in [1.807, 2.05) is 32.2 Å². The third kappa shape index (κ3) is 4.31. The van der Waals surface area contributed by atoms with Crippen LogP contribution in [0.1, 0.15) is 18.1 Å². The van der Waals surface area contributed by atoms with Crippen molar-refractivity contribution < 1.29 is 19.2 Å². The van der Waals surface area contributed by atoms with E-state index in [0.29, 0.717) is 19.0 Å². The molecule has 1 heterocycles. The average Bonchev–Trinajstić information content (AvgIpc) is 2.62. The van der Waals surface area contributed by atoms with Gasteiger partial charge < -0.3 is 19.7 Å². The Kier molecular flexibility index (Phi) is 5.24. The van der Waals surface area contributed by atoms with Gasteiger partial charge in [0.05, 0.1) is 7.05 Å². The van der Waals surface area contributed by atoms with E-state index in [1.165, 1.54) is 11.1 Å². The van der Waals surface area contributed by atoms with Crippen LogP contribution in [0, 0.1) is 6.92 Å². The quantitative estimate of drug-likeness (QED) is 0.872. The van der Waals surface area contributed by atoms with Crippen LogP contribution in [0.4, 0.5) is 5.69 Å². The van der Waals surface area contributed by atoms with Crippen molar-refractivity contribution in [2.45, 2.75) is 26.4 Å². The number of carbonyl (C=O) groups excluding carboxylic acids is 1. The van der Waals surface area contributed by atoms with Crippen LogP contribution in [-0.2, 0) is 11.3 Å². The molecule has 25 heavy (non-hydrogen) atoms. The molecule has 1 unspecified atom stereocenters. The Morgan fingerprint density at radius 1 is 1.12 bits per heavy atom. The summed E-state index contributed by atoms with van der Waals surface area (Å²) in [5, 5.41) is 2.97. The molecule has 3 rings (SSSR count). The predicted octanol–water partition coefficient (Wildman–Crippen LogP) is 1.81. The van der Waals surface area contributed by atoms with E-state index >= 15 is 0 Å². The number of hydrogen-bond donors (Lipinski definition) is 2. The number of aryl methyl sites for hydroxylation is 1. The standard InChI is InChI=1S/C20H24N2O3/c1-14-4-6-16(7-5-14)13-22(3)15(2)20(23)21-17-8-9-18-19(12-17)25-11-10-24-18/h4-9,12,15H,10-11,13H2,1-3H3,(H,21,23)/p+1/t15-/m1/s1. The van der Waals surface area contributed by atoms with Crippen LogP contribution in [-0.4, -0.2) is 32.2 Å². The van der Waals surface area contributed by atoms with Crippen LogP contribution in [0.25, 0.3) is 0 Å². The molecule has 5 heteroatoms. The maximum Gasteiger partial charge on any atom is 0.282 e. The number of anilines is 1. The lowest BCUT2D eigenvalue weighted by molar-refractivity contribution is -0.907. The molecule has 1 aliphatic rings. The first-order chi connectivity index (χ1) is 12.0. The van der Waals surface area contributed by atoms with Crippen molar-refractivity contribution in [2.24, 2.45) is 0 Å². The molecule has 2 N–H and O–H groups in total. The maximum atomic E-state index is 12.6. The minimum absolute atomic E-state index is 0.0127. The van der Waals surface area contributed by atoms with Gasteiger partial charge in [-0.2, -0.15) is 0 Å². The summed E-state index contributed by atoms with van der Waals surface area (Å²) in [6.07, 6.45) is 0. The molecular weight excluding hydrogens is 316 g/mol. The number of benzene rings is 2. The molecule has 0 aliphatic carbocycles. The van der Waals surface area contributed by atoms with Gasteiger partial charge in [0.1, 0.15) is 19.8 Å². The van der Waals surface area contributed by atoms with Gasteiger partial charge in [0.2, 0.25) is 0 Å². The van der Waals surface area contributed by atoms with Crippen LogP contribution in [0.5, 0.6) is 11.5 Å². The second-order valence-corrected chi connectivity index (χ2v) is 6.58. The maximum absolute atomic E-state index is 12.6. The first kappa shape index (κ1) is 17.3. The Hall–Kier alpha value is -2.53. The lowest BCUT2D eigenvalue weighted by atomic mass is 10.1. The zero-order chi connectivity index (χ0) is 17.8. The van der Waals surface area contributed by atoms with Crippen LogP contribution < -0.4 is 19.7 Å². The van der Waals surface area contributed by atoms with Crippen molar-refractivity contribution in [3.05, 3.63) is 53.6 Å². The highest BCUT2D eigenvalue weighted by Gasteiger charge is 2.22. The van der Waals surface area contributed by atoms with Gasteiger partial charge in [-0.25, -0.2) is 0 Å². The first-order valence-electron chi connectivity index (χ1n) is 8.61. The van der Waals surface area contributed by atoms with Crippen molar-refractivity contribution in [1.82, 2.24) is 0 Å². The molecule has 0 bridgehead atoms. The van der Waals surface area contributed by atoms with Crippen molar-refractivity contribution in [3.8, 4) is 11.5 Å². The molecule has 0 radical (unpaired) electrons. The van der Waals surface area contributed by atoms with Gasteiger partial charge in [-0.15, -0.1) is 0 Å². The number of likely N-dealkylation sites (N-methyl/N-ethyl adjacent to an activating group) is 1. The van der Waals surface area contributed by atoms with E-state index in [0.717, 1.165) is 22.9 Å². The third-order valence-electron chi connectivity index (χ3n) is 4.55.